The van der Waals surface area contributed by atoms with Crippen LogP contribution in [0.4, 0.5) is 5.69 Å². The Hall–Kier alpha value is -2.78. The predicted octanol–water partition coefficient (Wildman–Crippen LogP) is 6.09. The number of anilines is 1. The molecule has 0 saturated carbocycles. The van der Waals surface area contributed by atoms with Gasteiger partial charge in [0, 0.05) is 33.2 Å². The van der Waals surface area contributed by atoms with E-state index in [1.165, 1.54) is 29.2 Å². The van der Waals surface area contributed by atoms with Gasteiger partial charge in [-0.05, 0) is 76.2 Å². The van der Waals surface area contributed by atoms with Crippen molar-refractivity contribution in [2.45, 2.75) is 51.2 Å². The van der Waals surface area contributed by atoms with E-state index in [1.807, 2.05) is 6.92 Å². The van der Waals surface area contributed by atoms with E-state index in [0.717, 1.165) is 9.87 Å². The highest BCUT2D eigenvalue weighted by Crippen LogP contribution is 2.29. The fourth-order valence-corrected chi connectivity index (χ4v) is 5.87. The molecule has 3 rings (SSSR count). The van der Waals surface area contributed by atoms with Crippen molar-refractivity contribution < 1.29 is 18.0 Å². The van der Waals surface area contributed by atoms with Crippen LogP contribution in [0.3, 0.4) is 0 Å². The van der Waals surface area contributed by atoms with Crippen molar-refractivity contribution in [3.05, 3.63) is 92.9 Å². The molecular weight excluding hydrogens is 581 g/mol. The van der Waals surface area contributed by atoms with Gasteiger partial charge in [-0.25, -0.2) is 8.42 Å². The quantitative estimate of drug-likeness (QED) is 0.301. The first kappa shape index (κ1) is 30.8. The molecule has 1 unspecified atom stereocenters. The van der Waals surface area contributed by atoms with Crippen molar-refractivity contribution in [3.63, 3.8) is 0 Å². The van der Waals surface area contributed by atoms with Gasteiger partial charge < -0.3 is 10.2 Å². The van der Waals surface area contributed by atoms with Gasteiger partial charge in [0.15, 0.2) is 0 Å². The molecule has 0 aliphatic heterocycles. The number of amides is 2. The minimum Gasteiger partial charge on any atom is -0.352 e. The molecule has 7 nitrogen and oxygen atoms in total. The third-order valence-corrected chi connectivity index (χ3v) is 8.74. The smallest absolute Gasteiger partial charge is 0.264 e. The van der Waals surface area contributed by atoms with Crippen molar-refractivity contribution in [1.29, 1.82) is 0 Å². The number of nitrogens with zero attached hydrogens (tertiary/aromatic N) is 2. The molecule has 0 aromatic heterocycles. The number of aryl methyl sites for hydroxylation is 1. The highest BCUT2D eigenvalue weighted by atomic mass is 35.5. The number of sulfonamides is 1. The third kappa shape index (κ3) is 7.66. The molecule has 3 aromatic carbocycles. The van der Waals surface area contributed by atoms with Gasteiger partial charge in [0.2, 0.25) is 11.8 Å². The van der Waals surface area contributed by atoms with Gasteiger partial charge in [0.1, 0.15) is 12.6 Å². The third-order valence-electron chi connectivity index (χ3n) is 5.99. The number of hydrogen-bond acceptors (Lipinski definition) is 4. The summed E-state index contributed by atoms with van der Waals surface area (Å²) < 4.78 is 28.6. The minimum atomic E-state index is -4.19. The zero-order valence-electron chi connectivity index (χ0n) is 22.0. The molecule has 1 atom stereocenters. The van der Waals surface area contributed by atoms with E-state index in [-0.39, 0.29) is 17.5 Å². The Kier molecular flexibility index (Phi) is 10.3. The number of hydrogen-bond donors (Lipinski definition) is 1. The molecular formula is C28H30Cl3N3O4S. The standard InChI is InChI=1S/C28H30Cl3N3O4S/c1-18(2)32-28(36)20(4)33(16-24-25(30)6-5-7-26(24)31)27(35)17-34(22-12-8-19(3)9-13-22)39(37,38)23-14-10-21(29)11-15-23/h5-15,18,20H,16-17H2,1-4H3,(H,32,36). The van der Waals surface area contributed by atoms with Crippen molar-refractivity contribution >= 4 is 62.3 Å². The van der Waals surface area contributed by atoms with E-state index < -0.39 is 34.4 Å². The molecule has 39 heavy (non-hydrogen) atoms. The Balaban J connectivity index is 2.06. The molecule has 0 bridgehead atoms. The minimum absolute atomic E-state index is 0.0356. The number of halogens is 3. The van der Waals surface area contributed by atoms with Crippen LogP contribution in [-0.4, -0.2) is 43.8 Å². The lowest BCUT2D eigenvalue weighted by atomic mass is 10.1. The molecule has 0 fully saturated rings. The zero-order valence-corrected chi connectivity index (χ0v) is 25.1. The Labute approximate surface area is 244 Å². The van der Waals surface area contributed by atoms with Crippen LogP contribution < -0.4 is 9.62 Å². The van der Waals surface area contributed by atoms with E-state index in [0.29, 0.717) is 26.3 Å². The molecule has 208 valence electrons. The Morgan fingerprint density at radius 3 is 1.97 bits per heavy atom. The second kappa shape index (κ2) is 13.0. The van der Waals surface area contributed by atoms with Crippen molar-refractivity contribution in [2.24, 2.45) is 0 Å². The molecule has 0 spiro atoms. The summed E-state index contributed by atoms with van der Waals surface area (Å²) >= 11 is 18.8. The average molecular weight is 611 g/mol. The molecule has 0 heterocycles. The lowest BCUT2D eigenvalue weighted by Gasteiger charge is -2.32. The number of carbonyl (C=O) groups excluding carboxylic acids is 2. The molecule has 3 aromatic rings. The highest BCUT2D eigenvalue weighted by Gasteiger charge is 2.33. The van der Waals surface area contributed by atoms with Crippen LogP contribution in [0, 0.1) is 6.92 Å². The van der Waals surface area contributed by atoms with E-state index in [1.54, 1.807) is 63.2 Å². The summed E-state index contributed by atoms with van der Waals surface area (Å²) in [5.74, 6) is -1.01. The van der Waals surface area contributed by atoms with Crippen LogP contribution in [0.15, 0.2) is 71.6 Å². The number of rotatable bonds is 10. The van der Waals surface area contributed by atoms with Crippen LogP contribution >= 0.6 is 34.8 Å². The summed E-state index contributed by atoms with van der Waals surface area (Å²) in [6.45, 7) is 6.38. The maximum Gasteiger partial charge on any atom is 0.264 e. The summed E-state index contributed by atoms with van der Waals surface area (Å²) in [6.07, 6.45) is 0. The van der Waals surface area contributed by atoms with Gasteiger partial charge in [-0.2, -0.15) is 0 Å². The topological polar surface area (TPSA) is 86.8 Å². The second-order valence-electron chi connectivity index (χ2n) is 9.36. The predicted molar refractivity (Wildman–Crippen MR) is 157 cm³/mol. The molecule has 0 saturated heterocycles. The summed E-state index contributed by atoms with van der Waals surface area (Å²) in [4.78, 5) is 28.2. The van der Waals surface area contributed by atoms with Gasteiger partial charge in [-0.3, -0.25) is 13.9 Å². The van der Waals surface area contributed by atoms with E-state index in [2.05, 4.69) is 5.32 Å². The van der Waals surface area contributed by atoms with Crippen molar-refractivity contribution in [1.82, 2.24) is 10.2 Å². The van der Waals surface area contributed by atoms with Gasteiger partial charge in [0.05, 0.1) is 10.6 Å². The molecule has 0 aliphatic rings. The first-order valence-corrected chi connectivity index (χ1v) is 14.8. The molecule has 0 aliphatic carbocycles. The first-order valence-electron chi connectivity index (χ1n) is 12.2. The molecule has 1 N–H and O–H groups in total. The van der Waals surface area contributed by atoms with Crippen molar-refractivity contribution in [3.8, 4) is 0 Å². The summed E-state index contributed by atoms with van der Waals surface area (Å²) in [5, 5.41) is 3.82. The second-order valence-corrected chi connectivity index (χ2v) is 12.5. The Morgan fingerprint density at radius 1 is 0.872 bits per heavy atom. The zero-order chi connectivity index (χ0) is 28.9. The van der Waals surface area contributed by atoms with Gasteiger partial charge in [-0.15, -0.1) is 0 Å². The maximum atomic E-state index is 13.9. The summed E-state index contributed by atoms with van der Waals surface area (Å²) in [6, 6.07) is 16.3. The summed E-state index contributed by atoms with van der Waals surface area (Å²) in [7, 11) is -4.19. The van der Waals surface area contributed by atoms with Crippen LogP contribution in [0.25, 0.3) is 0 Å². The van der Waals surface area contributed by atoms with Gasteiger partial charge in [-0.1, -0.05) is 58.6 Å². The number of nitrogens with one attached hydrogen (secondary N) is 1. The normalized spacial score (nSPS) is 12.2. The van der Waals surface area contributed by atoms with Crippen LogP contribution in [0.5, 0.6) is 0 Å². The van der Waals surface area contributed by atoms with Crippen molar-refractivity contribution in [2.75, 3.05) is 10.8 Å². The fraction of sp³-hybridized carbons (Fsp3) is 0.286. The lowest BCUT2D eigenvalue weighted by molar-refractivity contribution is -0.139. The first-order chi connectivity index (χ1) is 18.3. The molecule has 0 radical (unpaired) electrons. The highest BCUT2D eigenvalue weighted by molar-refractivity contribution is 7.92. The van der Waals surface area contributed by atoms with Gasteiger partial charge >= 0.3 is 0 Å². The lowest BCUT2D eigenvalue weighted by Crippen LogP contribution is -2.52. The SMILES string of the molecule is Cc1ccc(N(CC(=O)N(Cc2c(Cl)cccc2Cl)C(C)C(=O)NC(C)C)S(=O)(=O)c2ccc(Cl)cc2)cc1. The fourth-order valence-electron chi connectivity index (χ4n) is 3.82. The van der Waals surface area contributed by atoms with Gasteiger partial charge in [0.25, 0.3) is 10.0 Å². The monoisotopic (exact) mass is 609 g/mol. The maximum absolute atomic E-state index is 13.9. The number of benzene rings is 3. The Bertz CT molecular complexity index is 1410. The van der Waals surface area contributed by atoms with E-state index in [9.17, 15) is 18.0 Å². The van der Waals surface area contributed by atoms with Crippen LogP contribution in [-0.2, 0) is 26.2 Å². The largest absolute Gasteiger partial charge is 0.352 e. The number of carbonyl (C=O) groups is 2. The average Bonchev–Trinajstić information content (AvgIpc) is 2.87. The summed E-state index contributed by atoms with van der Waals surface area (Å²) in [5.41, 5.74) is 1.66. The molecule has 11 heteroatoms. The Morgan fingerprint density at radius 2 is 1.44 bits per heavy atom. The van der Waals surface area contributed by atoms with E-state index in [4.69, 9.17) is 34.8 Å². The molecule has 2 amide bonds. The van der Waals surface area contributed by atoms with Crippen LogP contribution in [0.1, 0.15) is 31.9 Å². The van der Waals surface area contributed by atoms with Crippen LogP contribution in [0.2, 0.25) is 15.1 Å². The van der Waals surface area contributed by atoms with E-state index >= 15 is 0 Å².